The Balaban J connectivity index is 0.00000312. The predicted octanol–water partition coefficient (Wildman–Crippen LogP) is -0.0243. The standard InChI is InChI=1S/C12H20N.C10H15.2ClH.Ti/c1-11(2,3)9-7-13-8-10(9)12(4,5)6;1-7-6-10(4,5)9(3)8(7)2;;;/h7,13H,1-6H3;1-5H3;2*1H;/q;;;;+2/p-2. The van der Waals surface area contributed by atoms with E-state index in [4.69, 9.17) is 0 Å². The fourth-order valence-corrected chi connectivity index (χ4v) is 6.83. The molecule has 0 aromatic carbocycles. The summed E-state index contributed by atoms with van der Waals surface area (Å²) in [6, 6.07) is 0. The van der Waals surface area contributed by atoms with E-state index in [9.17, 15) is 0 Å². The molecule has 1 aromatic rings. The molecule has 1 nitrogen and oxygen atoms in total. The fraction of sp³-hybridized carbons (Fsp3) is 0.636. The zero-order valence-corrected chi connectivity index (χ0v) is 21.4. The number of H-pyrrole nitrogens is 1. The average molecular weight is 432 g/mol. The van der Waals surface area contributed by atoms with E-state index < -0.39 is 0 Å². The van der Waals surface area contributed by atoms with Crippen molar-refractivity contribution in [2.45, 2.75) is 87.0 Å². The third kappa shape index (κ3) is 4.54. The molecule has 1 heterocycles. The molecule has 1 aromatic heterocycles. The summed E-state index contributed by atoms with van der Waals surface area (Å²) >= 11 is -0.360. The van der Waals surface area contributed by atoms with Crippen LogP contribution in [0.2, 0.25) is 0 Å². The Morgan fingerprint density at radius 1 is 0.846 bits per heavy atom. The summed E-state index contributed by atoms with van der Waals surface area (Å²) in [6.45, 7) is 25.8. The topological polar surface area (TPSA) is 15.8 Å². The Morgan fingerprint density at radius 3 is 1.69 bits per heavy atom. The van der Waals surface area contributed by atoms with Crippen molar-refractivity contribution < 1.29 is 44.0 Å². The van der Waals surface area contributed by atoms with E-state index in [2.05, 4.69) is 87.3 Å². The summed E-state index contributed by atoms with van der Waals surface area (Å²) in [4.78, 5) is 3.71. The molecule has 0 saturated heterocycles. The Bertz CT molecular complexity index is 722. The molecule has 0 bridgehead atoms. The van der Waals surface area contributed by atoms with Crippen LogP contribution in [0.25, 0.3) is 0 Å². The van der Waals surface area contributed by atoms with E-state index in [1.165, 1.54) is 15.1 Å². The molecule has 1 aliphatic carbocycles. The molecule has 4 heteroatoms. The molecule has 0 radical (unpaired) electrons. The second-order valence-corrected chi connectivity index (χ2v) is 11.9. The molecule has 0 saturated carbocycles. The maximum Gasteiger partial charge on any atom is -1.00 e. The number of hydrogen-bond acceptors (Lipinski definition) is 0. The Kier molecular flexibility index (Phi) is 8.21. The number of nitrogens with one attached hydrogen (secondary N) is 1. The van der Waals surface area contributed by atoms with Crippen LogP contribution < -0.4 is 28.8 Å². The van der Waals surface area contributed by atoms with E-state index in [0.29, 0.717) is 0 Å². The van der Waals surface area contributed by atoms with Crippen molar-refractivity contribution in [2.24, 2.45) is 5.41 Å². The number of aromatic nitrogens is 1. The van der Waals surface area contributed by atoms with Crippen LogP contribution in [-0.4, -0.2) is 4.98 Å². The first-order valence-electron chi connectivity index (χ1n) is 9.08. The van der Waals surface area contributed by atoms with Gasteiger partial charge in [0.05, 0.1) is 0 Å². The van der Waals surface area contributed by atoms with Crippen molar-refractivity contribution in [3.63, 3.8) is 0 Å². The minimum Gasteiger partial charge on any atom is -1.00 e. The second-order valence-electron chi connectivity index (χ2n) is 9.95. The molecular weight excluding hydrogens is 397 g/mol. The number of hydrogen-bond donors (Lipinski definition) is 1. The van der Waals surface area contributed by atoms with Crippen molar-refractivity contribution in [3.05, 3.63) is 37.9 Å². The maximum absolute atomic E-state index is 3.71. The van der Waals surface area contributed by atoms with Gasteiger partial charge in [-0.25, -0.2) is 0 Å². The fourth-order valence-electron chi connectivity index (χ4n) is 3.86. The third-order valence-corrected chi connectivity index (χ3v) is 8.71. The molecule has 0 aliphatic heterocycles. The number of allylic oxidation sites excluding steroid dienone is 4. The number of halogens is 2. The molecule has 2 rings (SSSR count). The van der Waals surface area contributed by atoms with Crippen LogP contribution in [0.4, 0.5) is 0 Å². The zero-order chi connectivity index (χ0) is 18.7. The largest absolute Gasteiger partial charge is 1.00 e. The van der Waals surface area contributed by atoms with Gasteiger partial charge in [0.15, 0.2) is 0 Å². The molecule has 0 atom stereocenters. The van der Waals surface area contributed by atoms with Crippen LogP contribution in [-0.2, 0) is 30.0 Å². The Hall–Kier alpha value is 0.0543. The van der Waals surface area contributed by atoms with E-state index >= 15 is 0 Å². The Morgan fingerprint density at radius 2 is 1.35 bits per heavy atom. The van der Waals surface area contributed by atoms with Crippen LogP contribution in [0.15, 0.2) is 26.8 Å². The first kappa shape index (κ1) is 26.1. The van der Waals surface area contributed by atoms with Crippen molar-refractivity contribution in [2.75, 3.05) is 0 Å². The molecule has 0 fully saturated rings. The quantitative estimate of drug-likeness (QED) is 0.633. The van der Waals surface area contributed by atoms with E-state index in [1.54, 1.807) is 20.6 Å². The Labute approximate surface area is 182 Å². The van der Waals surface area contributed by atoms with Crippen LogP contribution >= 0.6 is 0 Å². The summed E-state index contributed by atoms with van der Waals surface area (Å²) in [5, 5.41) is 0. The summed E-state index contributed by atoms with van der Waals surface area (Å²) in [5.41, 5.74) is 8.24. The minimum absolute atomic E-state index is 0. The van der Waals surface area contributed by atoms with Crippen LogP contribution in [0, 0.1) is 5.41 Å². The van der Waals surface area contributed by atoms with Crippen molar-refractivity contribution in [1.29, 1.82) is 0 Å². The van der Waals surface area contributed by atoms with Gasteiger partial charge in [-0.2, -0.15) is 0 Å². The van der Waals surface area contributed by atoms with Gasteiger partial charge >= 0.3 is 158 Å². The number of rotatable bonds is 2. The maximum atomic E-state index is 3.71. The predicted molar refractivity (Wildman–Crippen MR) is 103 cm³/mol. The molecule has 26 heavy (non-hydrogen) atoms. The summed E-state index contributed by atoms with van der Waals surface area (Å²) < 4.78 is 3.22. The molecule has 1 aliphatic rings. The summed E-state index contributed by atoms with van der Waals surface area (Å²) in [6.07, 6.45) is 2.28. The van der Waals surface area contributed by atoms with Gasteiger partial charge in [-0.15, -0.1) is 0 Å². The van der Waals surface area contributed by atoms with Gasteiger partial charge in [-0.1, -0.05) is 0 Å². The molecule has 146 valence electrons. The van der Waals surface area contributed by atoms with Crippen molar-refractivity contribution >= 4 is 4.00 Å². The van der Waals surface area contributed by atoms with E-state index in [1.807, 2.05) is 0 Å². The normalized spacial score (nSPS) is 17.0. The van der Waals surface area contributed by atoms with Crippen LogP contribution in [0.5, 0.6) is 0 Å². The van der Waals surface area contributed by atoms with Crippen LogP contribution in [0.3, 0.4) is 0 Å². The monoisotopic (exact) mass is 431 g/mol. The smallest absolute Gasteiger partial charge is 1.00 e. The number of aromatic amines is 1. The average Bonchev–Trinajstić information content (AvgIpc) is 2.90. The third-order valence-electron chi connectivity index (χ3n) is 5.75. The molecule has 0 spiro atoms. The zero-order valence-electron chi connectivity index (χ0n) is 18.3. The molecular formula is C22H35Cl2NTi. The summed E-state index contributed by atoms with van der Waals surface area (Å²) in [5.74, 6) is 0. The molecule has 0 unspecified atom stereocenters. The minimum atomic E-state index is -0.360. The summed E-state index contributed by atoms with van der Waals surface area (Å²) in [7, 11) is 0. The van der Waals surface area contributed by atoms with Gasteiger partial charge in [0.1, 0.15) is 0 Å². The first-order chi connectivity index (χ1) is 10.7. The van der Waals surface area contributed by atoms with Crippen molar-refractivity contribution in [1.82, 2.24) is 4.98 Å². The first-order valence-corrected chi connectivity index (χ1v) is 10.6. The van der Waals surface area contributed by atoms with Crippen molar-refractivity contribution in [3.8, 4) is 0 Å². The van der Waals surface area contributed by atoms with Crippen LogP contribution in [0.1, 0.15) is 87.3 Å². The second kappa shape index (κ2) is 8.20. The molecule has 1 N–H and O–H groups in total. The van der Waals surface area contributed by atoms with E-state index in [0.717, 1.165) is 0 Å². The van der Waals surface area contributed by atoms with E-state index in [-0.39, 0.29) is 60.2 Å². The SMILES string of the molecule is CC1=C(C)C(C)(C)[C]([Ti+2][c]2[nH]cc(C(C)(C)C)c2C(C)(C)C)=C1C.[Cl-].[Cl-]. The van der Waals surface area contributed by atoms with Gasteiger partial charge in [0, 0.05) is 0 Å². The van der Waals surface area contributed by atoms with Gasteiger partial charge in [0.25, 0.3) is 0 Å². The van der Waals surface area contributed by atoms with Gasteiger partial charge in [-0.3, -0.25) is 0 Å². The molecule has 0 amide bonds. The van der Waals surface area contributed by atoms with Gasteiger partial charge in [0.2, 0.25) is 0 Å². The van der Waals surface area contributed by atoms with Gasteiger partial charge in [-0.05, 0) is 0 Å². The van der Waals surface area contributed by atoms with Gasteiger partial charge < -0.3 is 24.8 Å².